The Morgan fingerprint density at radius 1 is 0.970 bits per heavy atom. The van der Waals surface area contributed by atoms with Crippen LogP contribution in [0.2, 0.25) is 0 Å². The van der Waals surface area contributed by atoms with E-state index in [0.29, 0.717) is 16.9 Å². The predicted octanol–water partition coefficient (Wildman–Crippen LogP) is 6.82. The zero-order chi connectivity index (χ0) is 25.0. The normalized spacial score (nSPS) is 12.6. The SMILES string of the molecule is C=C(C)C(=O)OC(C)(C)C(C)(C)Oc1ccc(/C(C#N)=C/c2ccc(C(F)(F)F)cc2)cc1. The van der Waals surface area contributed by atoms with Gasteiger partial charge in [0.1, 0.15) is 17.0 Å². The second-order valence-electron chi connectivity index (χ2n) is 8.61. The summed E-state index contributed by atoms with van der Waals surface area (Å²) in [6.07, 6.45) is -2.90. The number of carbonyl (C=O) groups is 1. The summed E-state index contributed by atoms with van der Waals surface area (Å²) in [7, 11) is 0. The van der Waals surface area contributed by atoms with E-state index >= 15 is 0 Å². The molecule has 174 valence electrons. The number of halogens is 3. The molecule has 0 unspecified atom stereocenters. The standard InChI is InChI=1S/C26H26F3NO3/c1-17(2)23(31)33-25(5,6)24(3,4)32-22-13-9-19(10-14-22)20(16-30)15-18-7-11-21(12-8-18)26(27,28)29/h7-15H,1H2,2-6H3/b20-15+. The summed E-state index contributed by atoms with van der Waals surface area (Å²) in [5, 5.41) is 9.53. The Morgan fingerprint density at radius 2 is 1.52 bits per heavy atom. The zero-order valence-electron chi connectivity index (χ0n) is 19.2. The largest absolute Gasteiger partial charge is 0.484 e. The molecule has 2 aromatic rings. The Balaban J connectivity index is 2.21. The molecule has 0 fully saturated rings. The highest BCUT2D eigenvalue weighted by molar-refractivity contribution is 5.89. The third kappa shape index (κ3) is 6.48. The third-order valence-electron chi connectivity index (χ3n) is 5.35. The summed E-state index contributed by atoms with van der Waals surface area (Å²) in [4.78, 5) is 12.0. The summed E-state index contributed by atoms with van der Waals surface area (Å²) in [6, 6.07) is 13.3. The van der Waals surface area contributed by atoms with E-state index < -0.39 is 28.9 Å². The molecule has 0 saturated carbocycles. The predicted molar refractivity (Wildman–Crippen MR) is 121 cm³/mol. The number of benzene rings is 2. The van der Waals surface area contributed by atoms with Gasteiger partial charge in [0.05, 0.1) is 17.2 Å². The number of ether oxygens (including phenoxy) is 2. The molecule has 0 saturated heterocycles. The topological polar surface area (TPSA) is 59.3 Å². The van der Waals surface area contributed by atoms with Gasteiger partial charge in [-0.05, 0) is 88.2 Å². The fraction of sp³-hybridized carbons (Fsp3) is 0.308. The van der Waals surface area contributed by atoms with Gasteiger partial charge in [0.15, 0.2) is 0 Å². The van der Waals surface area contributed by atoms with E-state index in [9.17, 15) is 23.2 Å². The summed E-state index contributed by atoms with van der Waals surface area (Å²) >= 11 is 0. The molecule has 33 heavy (non-hydrogen) atoms. The number of alkyl halides is 3. The van der Waals surface area contributed by atoms with Crippen LogP contribution in [0.5, 0.6) is 5.75 Å². The Hall–Kier alpha value is -3.53. The van der Waals surface area contributed by atoms with Crippen LogP contribution in [0.25, 0.3) is 11.6 Å². The van der Waals surface area contributed by atoms with Crippen LogP contribution in [0.4, 0.5) is 13.2 Å². The minimum atomic E-state index is -4.42. The van der Waals surface area contributed by atoms with Gasteiger partial charge in [-0.1, -0.05) is 18.7 Å². The summed E-state index contributed by atoms with van der Waals surface area (Å²) < 4.78 is 49.8. The lowest BCUT2D eigenvalue weighted by atomic mass is 9.88. The lowest BCUT2D eigenvalue weighted by molar-refractivity contribution is -0.171. The van der Waals surface area contributed by atoms with E-state index in [1.807, 2.05) is 0 Å². The molecule has 0 aliphatic carbocycles. The summed E-state index contributed by atoms with van der Waals surface area (Å²) in [6.45, 7) is 12.2. The molecule has 0 aromatic heterocycles. The second kappa shape index (κ2) is 9.53. The van der Waals surface area contributed by atoms with Crippen molar-refractivity contribution >= 4 is 17.6 Å². The van der Waals surface area contributed by atoms with Crippen molar-refractivity contribution in [2.75, 3.05) is 0 Å². The Labute approximate surface area is 191 Å². The minimum absolute atomic E-state index is 0.284. The number of nitriles is 1. The van der Waals surface area contributed by atoms with E-state index in [1.54, 1.807) is 58.9 Å². The lowest BCUT2D eigenvalue weighted by Crippen LogP contribution is -2.52. The maximum atomic E-state index is 12.7. The Kier molecular flexibility index (Phi) is 7.43. The molecule has 0 aliphatic rings. The highest BCUT2D eigenvalue weighted by Crippen LogP contribution is 2.33. The molecule has 2 aromatic carbocycles. The van der Waals surface area contributed by atoms with Crippen molar-refractivity contribution in [2.24, 2.45) is 0 Å². The van der Waals surface area contributed by atoms with Crippen LogP contribution in [0.15, 0.2) is 60.7 Å². The monoisotopic (exact) mass is 457 g/mol. The molecule has 0 N–H and O–H groups in total. The van der Waals surface area contributed by atoms with Gasteiger partial charge < -0.3 is 9.47 Å². The maximum Gasteiger partial charge on any atom is 0.416 e. The first-order valence-electron chi connectivity index (χ1n) is 10.1. The van der Waals surface area contributed by atoms with Gasteiger partial charge in [0.25, 0.3) is 0 Å². The van der Waals surface area contributed by atoms with Crippen molar-refractivity contribution in [1.29, 1.82) is 5.26 Å². The molecule has 7 heteroatoms. The van der Waals surface area contributed by atoms with Crippen LogP contribution in [0.3, 0.4) is 0 Å². The zero-order valence-corrected chi connectivity index (χ0v) is 19.2. The van der Waals surface area contributed by atoms with Crippen LogP contribution in [0.1, 0.15) is 51.3 Å². The highest BCUT2D eigenvalue weighted by atomic mass is 19.4. The maximum absolute atomic E-state index is 12.7. The van der Waals surface area contributed by atoms with Crippen LogP contribution in [-0.4, -0.2) is 17.2 Å². The van der Waals surface area contributed by atoms with Crippen molar-refractivity contribution in [1.82, 2.24) is 0 Å². The first-order valence-corrected chi connectivity index (χ1v) is 10.1. The second-order valence-corrected chi connectivity index (χ2v) is 8.61. The average molecular weight is 457 g/mol. The molecular formula is C26H26F3NO3. The van der Waals surface area contributed by atoms with E-state index in [1.165, 1.54) is 18.2 Å². The molecule has 0 radical (unpaired) electrons. The van der Waals surface area contributed by atoms with Crippen LogP contribution in [0, 0.1) is 11.3 Å². The first kappa shape index (κ1) is 25.7. The average Bonchev–Trinajstić information content (AvgIpc) is 2.71. The van der Waals surface area contributed by atoms with Gasteiger partial charge in [-0.25, -0.2) is 4.79 Å². The van der Waals surface area contributed by atoms with Crippen LogP contribution >= 0.6 is 0 Å². The summed E-state index contributed by atoms with van der Waals surface area (Å²) in [5.41, 5.74) is -0.990. The van der Waals surface area contributed by atoms with Crippen molar-refractivity contribution in [3.05, 3.63) is 77.4 Å². The molecule has 0 atom stereocenters. The van der Waals surface area contributed by atoms with E-state index in [0.717, 1.165) is 12.1 Å². The number of carbonyl (C=O) groups excluding carboxylic acids is 1. The molecule has 0 amide bonds. The third-order valence-corrected chi connectivity index (χ3v) is 5.35. The first-order chi connectivity index (χ1) is 15.2. The van der Waals surface area contributed by atoms with Crippen molar-refractivity contribution in [3.8, 4) is 11.8 Å². The van der Waals surface area contributed by atoms with Gasteiger partial charge in [0.2, 0.25) is 0 Å². The number of nitrogens with zero attached hydrogens (tertiary/aromatic N) is 1. The summed E-state index contributed by atoms with van der Waals surface area (Å²) in [5.74, 6) is -0.0193. The Bertz CT molecular complexity index is 1090. The smallest absolute Gasteiger partial charge is 0.416 e. The van der Waals surface area contributed by atoms with E-state index in [4.69, 9.17) is 9.47 Å². The highest BCUT2D eigenvalue weighted by Gasteiger charge is 2.43. The van der Waals surface area contributed by atoms with E-state index in [2.05, 4.69) is 12.6 Å². The van der Waals surface area contributed by atoms with Crippen molar-refractivity contribution in [2.45, 2.75) is 52.0 Å². The van der Waals surface area contributed by atoms with Crippen LogP contribution in [-0.2, 0) is 15.7 Å². The molecule has 0 aliphatic heterocycles. The fourth-order valence-corrected chi connectivity index (χ4v) is 2.68. The molecule has 2 rings (SSSR count). The molecule has 0 spiro atoms. The number of allylic oxidation sites excluding steroid dienone is 1. The number of hydrogen-bond donors (Lipinski definition) is 0. The van der Waals surface area contributed by atoms with Gasteiger partial charge in [-0.15, -0.1) is 0 Å². The van der Waals surface area contributed by atoms with Crippen LogP contribution < -0.4 is 4.74 Å². The molecule has 0 heterocycles. The van der Waals surface area contributed by atoms with Gasteiger partial charge >= 0.3 is 12.1 Å². The van der Waals surface area contributed by atoms with Gasteiger partial charge in [0, 0.05) is 5.57 Å². The number of hydrogen-bond acceptors (Lipinski definition) is 4. The van der Waals surface area contributed by atoms with Crippen molar-refractivity contribution in [3.63, 3.8) is 0 Å². The number of rotatable bonds is 7. The number of esters is 1. The fourth-order valence-electron chi connectivity index (χ4n) is 2.68. The Morgan fingerprint density at radius 3 is 1.97 bits per heavy atom. The van der Waals surface area contributed by atoms with Gasteiger partial charge in [-0.3, -0.25) is 0 Å². The van der Waals surface area contributed by atoms with Gasteiger partial charge in [-0.2, -0.15) is 18.4 Å². The molecule has 0 bridgehead atoms. The quantitative estimate of drug-likeness (QED) is 0.198. The van der Waals surface area contributed by atoms with E-state index in [-0.39, 0.29) is 11.1 Å². The van der Waals surface area contributed by atoms with Crippen molar-refractivity contribution < 1.29 is 27.4 Å². The minimum Gasteiger partial charge on any atom is -0.484 e. The molecular weight excluding hydrogens is 431 g/mol. The molecule has 4 nitrogen and oxygen atoms in total. The lowest BCUT2D eigenvalue weighted by Gasteiger charge is -2.40.